The summed E-state index contributed by atoms with van der Waals surface area (Å²) < 4.78 is 0. The summed E-state index contributed by atoms with van der Waals surface area (Å²) in [5, 5.41) is 0. The summed E-state index contributed by atoms with van der Waals surface area (Å²) in [6, 6.07) is 12.1. The van der Waals surface area contributed by atoms with Crippen LogP contribution in [0.15, 0.2) is 42.6 Å². The van der Waals surface area contributed by atoms with E-state index in [4.69, 9.17) is 0 Å². The Labute approximate surface area is 149 Å². The van der Waals surface area contributed by atoms with Crippen LogP contribution >= 0.6 is 0 Å². The van der Waals surface area contributed by atoms with Crippen molar-refractivity contribution in [2.75, 3.05) is 24.5 Å². The van der Waals surface area contributed by atoms with Crippen molar-refractivity contribution in [3.05, 3.63) is 59.4 Å². The number of piperidine rings is 1. The van der Waals surface area contributed by atoms with Crippen LogP contribution < -0.4 is 4.90 Å². The molecule has 4 nitrogen and oxygen atoms in total. The van der Waals surface area contributed by atoms with E-state index in [0.717, 1.165) is 42.9 Å². The van der Waals surface area contributed by atoms with Crippen LogP contribution in [-0.2, 0) is 13.0 Å². The Hall–Kier alpha value is -2.20. The molecule has 2 aliphatic rings. The molecule has 1 aromatic heterocycles. The van der Waals surface area contributed by atoms with Crippen molar-refractivity contribution in [2.45, 2.75) is 38.6 Å². The van der Waals surface area contributed by atoms with Gasteiger partial charge < -0.3 is 4.90 Å². The molecule has 1 fully saturated rings. The molecule has 0 bridgehead atoms. The van der Waals surface area contributed by atoms with Crippen LogP contribution in [0.25, 0.3) is 0 Å². The van der Waals surface area contributed by atoms with Crippen LogP contribution in [0.3, 0.4) is 0 Å². The highest BCUT2D eigenvalue weighted by atomic mass is 16.2. The smallest absolute Gasteiger partial charge is 0.258 e. The van der Waals surface area contributed by atoms with Gasteiger partial charge in [-0.2, -0.15) is 0 Å². The van der Waals surface area contributed by atoms with E-state index in [1.807, 2.05) is 35.4 Å². The minimum absolute atomic E-state index is 0.0819. The number of amides is 1. The lowest BCUT2D eigenvalue weighted by Gasteiger charge is -2.29. The molecule has 4 rings (SSSR count). The summed E-state index contributed by atoms with van der Waals surface area (Å²) in [6.07, 6.45) is 7.70. The lowest BCUT2D eigenvalue weighted by molar-refractivity contribution is 0.0985. The topological polar surface area (TPSA) is 36.4 Å². The number of aromatic nitrogens is 1. The first-order valence-corrected chi connectivity index (χ1v) is 9.38. The van der Waals surface area contributed by atoms with E-state index < -0.39 is 0 Å². The van der Waals surface area contributed by atoms with Gasteiger partial charge in [-0.3, -0.25) is 14.7 Å². The molecule has 1 amide bonds. The maximum atomic E-state index is 13.0. The third-order valence-corrected chi connectivity index (χ3v) is 5.25. The molecule has 2 aromatic rings. The van der Waals surface area contributed by atoms with Gasteiger partial charge in [-0.1, -0.05) is 18.6 Å². The first-order chi connectivity index (χ1) is 12.3. The van der Waals surface area contributed by atoms with Gasteiger partial charge in [0, 0.05) is 24.8 Å². The highest BCUT2D eigenvalue weighted by molar-refractivity contribution is 6.06. The summed E-state index contributed by atoms with van der Waals surface area (Å²) >= 11 is 0. The summed E-state index contributed by atoms with van der Waals surface area (Å²) in [5.74, 6) is 0.0819. The quantitative estimate of drug-likeness (QED) is 0.859. The van der Waals surface area contributed by atoms with Crippen molar-refractivity contribution in [1.29, 1.82) is 0 Å². The Bertz CT molecular complexity index is 735. The first kappa shape index (κ1) is 16.3. The molecule has 3 heterocycles. The van der Waals surface area contributed by atoms with Crippen molar-refractivity contribution in [3.63, 3.8) is 0 Å². The highest BCUT2D eigenvalue weighted by Crippen LogP contribution is 2.26. The Morgan fingerprint density at radius 3 is 2.56 bits per heavy atom. The lowest BCUT2D eigenvalue weighted by atomic mass is 10.0. The summed E-state index contributed by atoms with van der Waals surface area (Å²) in [5.41, 5.74) is 4.05. The predicted molar refractivity (Wildman–Crippen MR) is 99.8 cm³/mol. The Morgan fingerprint density at radius 1 is 0.960 bits per heavy atom. The number of fused-ring (bicyclic) bond motifs is 1. The normalized spacial score (nSPS) is 18.0. The summed E-state index contributed by atoms with van der Waals surface area (Å²) in [7, 11) is 0. The number of pyridine rings is 1. The number of aryl methyl sites for hydroxylation is 1. The summed E-state index contributed by atoms with van der Waals surface area (Å²) in [4.78, 5) is 21.8. The zero-order valence-corrected chi connectivity index (χ0v) is 14.7. The van der Waals surface area contributed by atoms with Gasteiger partial charge >= 0.3 is 0 Å². The van der Waals surface area contributed by atoms with E-state index in [1.54, 1.807) is 0 Å². The van der Waals surface area contributed by atoms with Gasteiger partial charge in [0.2, 0.25) is 0 Å². The zero-order valence-electron chi connectivity index (χ0n) is 14.7. The molecule has 0 atom stereocenters. The van der Waals surface area contributed by atoms with Crippen molar-refractivity contribution in [1.82, 2.24) is 9.88 Å². The van der Waals surface area contributed by atoms with Crippen molar-refractivity contribution in [3.8, 4) is 0 Å². The van der Waals surface area contributed by atoms with Crippen LogP contribution in [0, 0.1) is 0 Å². The average molecular weight is 335 g/mol. The standard InChI is InChI=1S/C21H25N3O/c25-21(24-15-5-6-19-20(24)7-4-12-22-19)18-10-8-17(9-11-18)16-23-13-2-1-3-14-23/h4,7-12H,1-3,5-6,13-16H2. The minimum atomic E-state index is 0.0819. The number of carbonyl (C=O) groups excluding carboxylic acids is 1. The number of nitrogens with zero attached hydrogens (tertiary/aromatic N) is 3. The fourth-order valence-corrected chi connectivity index (χ4v) is 3.89. The molecule has 4 heteroatoms. The van der Waals surface area contributed by atoms with Gasteiger partial charge in [0.25, 0.3) is 5.91 Å². The molecular weight excluding hydrogens is 310 g/mol. The lowest BCUT2D eigenvalue weighted by Crippen LogP contribution is -2.35. The van der Waals surface area contributed by atoms with Crippen molar-refractivity contribution in [2.24, 2.45) is 0 Å². The molecule has 130 valence electrons. The third-order valence-electron chi connectivity index (χ3n) is 5.25. The Balaban J connectivity index is 1.48. The minimum Gasteiger partial charge on any atom is -0.307 e. The van der Waals surface area contributed by atoms with Gasteiger partial charge in [-0.25, -0.2) is 0 Å². The Morgan fingerprint density at radius 2 is 1.76 bits per heavy atom. The largest absolute Gasteiger partial charge is 0.307 e. The molecule has 0 spiro atoms. The molecule has 0 aliphatic carbocycles. The molecule has 1 saturated heterocycles. The van der Waals surface area contributed by atoms with Crippen LogP contribution in [0.2, 0.25) is 0 Å². The third kappa shape index (κ3) is 3.59. The molecule has 0 N–H and O–H groups in total. The number of likely N-dealkylation sites (tertiary alicyclic amines) is 1. The van der Waals surface area contributed by atoms with Crippen LogP contribution in [-0.4, -0.2) is 35.4 Å². The molecule has 0 saturated carbocycles. The van der Waals surface area contributed by atoms with Gasteiger partial charge in [0.1, 0.15) is 0 Å². The zero-order chi connectivity index (χ0) is 17.1. The van der Waals surface area contributed by atoms with E-state index in [1.165, 1.54) is 37.9 Å². The number of hydrogen-bond donors (Lipinski definition) is 0. The number of rotatable bonds is 3. The second kappa shape index (κ2) is 7.36. The van der Waals surface area contributed by atoms with Crippen LogP contribution in [0.5, 0.6) is 0 Å². The molecule has 2 aliphatic heterocycles. The molecule has 0 unspecified atom stereocenters. The molecular formula is C21H25N3O. The van der Waals surface area contributed by atoms with E-state index in [9.17, 15) is 4.79 Å². The fourth-order valence-electron chi connectivity index (χ4n) is 3.89. The van der Waals surface area contributed by atoms with Gasteiger partial charge in [-0.15, -0.1) is 0 Å². The van der Waals surface area contributed by atoms with Crippen molar-refractivity contribution >= 4 is 11.6 Å². The number of carbonyl (C=O) groups is 1. The average Bonchev–Trinajstić information content (AvgIpc) is 2.68. The number of benzene rings is 1. The van der Waals surface area contributed by atoms with Crippen LogP contribution in [0.4, 0.5) is 5.69 Å². The SMILES string of the molecule is O=C(c1ccc(CN2CCCCC2)cc1)N1CCCc2ncccc21. The van der Waals surface area contributed by atoms with Crippen LogP contribution in [0.1, 0.15) is 47.3 Å². The first-order valence-electron chi connectivity index (χ1n) is 9.38. The number of anilines is 1. The maximum absolute atomic E-state index is 13.0. The van der Waals surface area contributed by atoms with E-state index >= 15 is 0 Å². The van der Waals surface area contributed by atoms with E-state index in [2.05, 4.69) is 22.0 Å². The number of hydrogen-bond acceptors (Lipinski definition) is 3. The molecule has 1 aromatic carbocycles. The van der Waals surface area contributed by atoms with Gasteiger partial charge in [-0.05, 0) is 68.6 Å². The molecule has 0 radical (unpaired) electrons. The van der Waals surface area contributed by atoms with E-state index in [-0.39, 0.29) is 5.91 Å². The van der Waals surface area contributed by atoms with E-state index in [0.29, 0.717) is 0 Å². The summed E-state index contributed by atoms with van der Waals surface area (Å²) in [6.45, 7) is 4.15. The highest BCUT2D eigenvalue weighted by Gasteiger charge is 2.24. The second-order valence-electron chi connectivity index (χ2n) is 7.06. The Kier molecular flexibility index (Phi) is 4.79. The predicted octanol–water partition coefficient (Wildman–Crippen LogP) is 3.66. The monoisotopic (exact) mass is 335 g/mol. The maximum Gasteiger partial charge on any atom is 0.258 e. The van der Waals surface area contributed by atoms with Gasteiger partial charge in [0.15, 0.2) is 0 Å². The fraction of sp³-hybridized carbons (Fsp3) is 0.429. The second-order valence-corrected chi connectivity index (χ2v) is 7.06. The van der Waals surface area contributed by atoms with Gasteiger partial charge in [0.05, 0.1) is 11.4 Å². The molecule has 25 heavy (non-hydrogen) atoms. The van der Waals surface area contributed by atoms with Crippen molar-refractivity contribution < 1.29 is 4.79 Å².